The summed E-state index contributed by atoms with van der Waals surface area (Å²) in [6, 6.07) is -0.454. The highest BCUT2D eigenvalue weighted by molar-refractivity contribution is 5.72. The van der Waals surface area contributed by atoms with E-state index in [1.807, 2.05) is 13.8 Å². The molecular weight excluding hydrogens is 180 g/mol. The van der Waals surface area contributed by atoms with Crippen molar-refractivity contribution in [2.24, 2.45) is 5.73 Å². The van der Waals surface area contributed by atoms with Gasteiger partial charge in [0.15, 0.2) is 0 Å². The van der Waals surface area contributed by atoms with Crippen LogP contribution in [0, 0.1) is 0 Å². The van der Waals surface area contributed by atoms with Crippen molar-refractivity contribution in [3.63, 3.8) is 0 Å². The zero-order valence-electron chi connectivity index (χ0n) is 8.97. The minimum Gasteiger partial charge on any atom is -0.352 e. The van der Waals surface area contributed by atoms with Gasteiger partial charge in [0.25, 0.3) is 0 Å². The molecule has 2 amide bonds. The maximum Gasteiger partial charge on any atom is 0.312 e. The van der Waals surface area contributed by atoms with Gasteiger partial charge < -0.3 is 16.4 Å². The normalized spacial score (nSPS) is 19.3. The summed E-state index contributed by atoms with van der Waals surface area (Å²) >= 11 is 0. The number of nitrogens with two attached hydrogens (primary N) is 1. The molecule has 0 unspecified atom stereocenters. The minimum absolute atomic E-state index is 0.247. The molecule has 1 saturated heterocycles. The van der Waals surface area contributed by atoms with E-state index in [-0.39, 0.29) is 5.54 Å². The summed E-state index contributed by atoms with van der Waals surface area (Å²) in [5.41, 5.74) is 4.86. The highest BCUT2D eigenvalue weighted by atomic mass is 16.2. The summed E-state index contributed by atoms with van der Waals surface area (Å²) in [7, 11) is 0. The molecule has 0 atom stereocenters. The summed E-state index contributed by atoms with van der Waals surface area (Å²) in [4.78, 5) is 13.1. The van der Waals surface area contributed by atoms with E-state index in [9.17, 15) is 4.79 Å². The fourth-order valence-electron chi connectivity index (χ4n) is 1.80. The monoisotopic (exact) mass is 200 g/mol. The number of carbonyl (C=O) groups excluding carboxylic acids is 1. The molecule has 0 spiro atoms. The lowest BCUT2D eigenvalue weighted by Crippen LogP contribution is -2.56. The van der Waals surface area contributed by atoms with E-state index in [1.54, 1.807) is 0 Å². The first-order chi connectivity index (χ1) is 6.49. The zero-order valence-corrected chi connectivity index (χ0v) is 8.97. The van der Waals surface area contributed by atoms with Crippen LogP contribution in [0.3, 0.4) is 0 Å². The standard InChI is InChI=1S/C9H20N4O/c1-9(2,12-8(10)14)7-13-5-3-11-4-6-13/h11H,3-7H2,1-2H3,(H3,10,12,14). The number of urea groups is 1. The molecule has 0 aromatic carbocycles. The molecule has 1 heterocycles. The Kier molecular flexibility index (Phi) is 3.71. The fraction of sp³-hybridized carbons (Fsp3) is 0.889. The number of nitrogens with one attached hydrogen (secondary N) is 2. The molecular formula is C9H20N4O. The van der Waals surface area contributed by atoms with Gasteiger partial charge >= 0.3 is 6.03 Å². The van der Waals surface area contributed by atoms with Gasteiger partial charge in [-0.3, -0.25) is 4.90 Å². The van der Waals surface area contributed by atoms with Crippen LogP contribution in [-0.4, -0.2) is 49.2 Å². The number of primary amides is 1. The second kappa shape index (κ2) is 4.61. The van der Waals surface area contributed by atoms with Crippen LogP contribution in [0.4, 0.5) is 4.79 Å². The predicted octanol–water partition coefficient (Wildman–Crippen LogP) is -0.661. The first-order valence-corrected chi connectivity index (χ1v) is 5.00. The van der Waals surface area contributed by atoms with Gasteiger partial charge in [0, 0.05) is 38.3 Å². The van der Waals surface area contributed by atoms with Crippen molar-refractivity contribution in [2.45, 2.75) is 19.4 Å². The van der Waals surface area contributed by atoms with Crippen LogP contribution in [0.5, 0.6) is 0 Å². The Balaban J connectivity index is 2.36. The third-order valence-electron chi connectivity index (χ3n) is 2.29. The number of amides is 2. The lowest BCUT2D eigenvalue weighted by atomic mass is 10.0. The summed E-state index contributed by atoms with van der Waals surface area (Å²) in [6.07, 6.45) is 0. The minimum atomic E-state index is -0.454. The topological polar surface area (TPSA) is 70.4 Å². The molecule has 0 saturated carbocycles. The van der Waals surface area contributed by atoms with Crippen molar-refractivity contribution in [1.82, 2.24) is 15.5 Å². The van der Waals surface area contributed by atoms with Crippen molar-refractivity contribution in [3.8, 4) is 0 Å². The van der Waals surface area contributed by atoms with E-state index in [0.29, 0.717) is 0 Å². The Morgan fingerprint density at radius 3 is 2.57 bits per heavy atom. The molecule has 0 aromatic rings. The van der Waals surface area contributed by atoms with Gasteiger partial charge in [0.2, 0.25) is 0 Å². The molecule has 0 radical (unpaired) electrons. The van der Waals surface area contributed by atoms with Gasteiger partial charge in [0.05, 0.1) is 0 Å². The molecule has 1 aliphatic heterocycles. The molecule has 1 fully saturated rings. The smallest absolute Gasteiger partial charge is 0.312 e. The third kappa shape index (κ3) is 3.93. The average molecular weight is 200 g/mol. The second-order valence-corrected chi connectivity index (χ2v) is 4.40. The van der Waals surface area contributed by atoms with Gasteiger partial charge in [-0.15, -0.1) is 0 Å². The summed E-state index contributed by atoms with van der Waals surface area (Å²) in [6.45, 7) is 8.92. The lowest BCUT2D eigenvalue weighted by Gasteiger charge is -2.35. The van der Waals surface area contributed by atoms with Gasteiger partial charge in [-0.2, -0.15) is 0 Å². The van der Waals surface area contributed by atoms with Gasteiger partial charge in [-0.05, 0) is 13.8 Å². The first kappa shape index (κ1) is 11.3. The van der Waals surface area contributed by atoms with E-state index < -0.39 is 6.03 Å². The number of carbonyl (C=O) groups is 1. The van der Waals surface area contributed by atoms with Crippen molar-refractivity contribution in [2.75, 3.05) is 32.7 Å². The second-order valence-electron chi connectivity index (χ2n) is 4.40. The van der Waals surface area contributed by atoms with Crippen LogP contribution in [0.1, 0.15) is 13.8 Å². The molecule has 1 rings (SSSR count). The quantitative estimate of drug-likeness (QED) is 0.566. The summed E-state index contributed by atoms with van der Waals surface area (Å²) < 4.78 is 0. The molecule has 5 nitrogen and oxygen atoms in total. The van der Waals surface area contributed by atoms with Crippen LogP contribution < -0.4 is 16.4 Å². The molecule has 0 aromatic heterocycles. The fourth-order valence-corrected chi connectivity index (χ4v) is 1.80. The van der Waals surface area contributed by atoms with Crippen LogP contribution in [0.2, 0.25) is 0 Å². The SMILES string of the molecule is CC(C)(CN1CCNCC1)NC(N)=O. The number of piperazine rings is 1. The first-order valence-electron chi connectivity index (χ1n) is 5.00. The lowest BCUT2D eigenvalue weighted by molar-refractivity contribution is 0.180. The van der Waals surface area contributed by atoms with Gasteiger partial charge in [-0.1, -0.05) is 0 Å². The Hall–Kier alpha value is -0.810. The molecule has 14 heavy (non-hydrogen) atoms. The molecule has 5 heteroatoms. The summed E-state index contributed by atoms with van der Waals surface area (Å²) in [5, 5.41) is 6.03. The van der Waals surface area contributed by atoms with E-state index in [1.165, 1.54) is 0 Å². The van der Waals surface area contributed by atoms with E-state index >= 15 is 0 Å². The van der Waals surface area contributed by atoms with Crippen molar-refractivity contribution >= 4 is 6.03 Å². The van der Waals surface area contributed by atoms with Crippen LogP contribution in [0.15, 0.2) is 0 Å². The van der Waals surface area contributed by atoms with Crippen LogP contribution in [0.25, 0.3) is 0 Å². The Labute approximate surface area is 85.0 Å². The van der Waals surface area contributed by atoms with Crippen molar-refractivity contribution in [1.29, 1.82) is 0 Å². The number of rotatable bonds is 3. The van der Waals surface area contributed by atoms with Gasteiger partial charge in [0.1, 0.15) is 0 Å². The van der Waals surface area contributed by atoms with E-state index in [4.69, 9.17) is 5.73 Å². The molecule has 0 aliphatic carbocycles. The molecule has 82 valence electrons. The zero-order chi connectivity index (χ0) is 10.6. The van der Waals surface area contributed by atoms with Crippen LogP contribution in [-0.2, 0) is 0 Å². The Bertz CT molecular complexity index is 199. The average Bonchev–Trinajstić information content (AvgIpc) is 2.02. The number of hydrogen-bond donors (Lipinski definition) is 3. The Morgan fingerprint density at radius 1 is 1.50 bits per heavy atom. The van der Waals surface area contributed by atoms with Crippen LogP contribution >= 0.6 is 0 Å². The van der Waals surface area contributed by atoms with Crippen molar-refractivity contribution in [3.05, 3.63) is 0 Å². The molecule has 1 aliphatic rings. The third-order valence-corrected chi connectivity index (χ3v) is 2.29. The number of nitrogens with zero attached hydrogens (tertiary/aromatic N) is 1. The van der Waals surface area contributed by atoms with E-state index in [2.05, 4.69) is 15.5 Å². The largest absolute Gasteiger partial charge is 0.352 e. The number of hydrogen-bond acceptors (Lipinski definition) is 3. The summed E-state index contributed by atoms with van der Waals surface area (Å²) in [5.74, 6) is 0. The highest BCUT2D eigenvalue weighted by Gasteiger charge is 2.23. The maximum absolute atomic E-state index is 10.7. The molecule has 4 N–H and O–H groups in total. The van der Waals surface area contributed by atoms with E-state index in [0.717, 1.165) is 32.7 Å². The van der Waals surface area contributed by atoms with Crippen molar-refractivity contribution < 1.29 is 4.79 Å². The highest BCUT2D eigenvalue weighted by Crippen LogP contribution is 2.05. The van der Waals surface area contributed by atoms with Gasteiger partial charge in [-0.25, -0.2) is 4.79 Å². The maximum atomic E-state index is 10.7. The predicted molar refractivity (Wildman–Crippen MR) is 56.1 cm³/mol. The molecule has 0 bridgehead atoms. The Morgan fingerprint density at radius 2 is 2.07 bits per heavy atom.